The van der Waals surface area contributed by atoms with Crippen LogP contribution in [0.3, 0.4) is 0 Å². The van der Waals surface area contributed by atoms with E-state index in [1.807, 2.05) is 36.4 Å². The number of guanidine groups is 1. The zero-order chi connectivity index (χ0) is 15.7. The number of benzene rings is 2. The molecule has 0 radical (unpaired) electrons. The summed E-state index contributed by atoms with van der Waals surface area (Å²) in [6, 6.07) is 11.4. The Hall–Kier alpha value is -2.89. The number of rotatable bonds is 3. The fourth-order valence-electron chi connectivity index (χ4n) is 2.69. The van der Waals surface area contributed by atoms with Gasteiger partial charge in [-0.2, -0.15) is 5.11 Å². The molecule has 1 aliphatic carbocycles. The molecule has 2 aromatic carbocycles. The number of azo groups is 1. The molecular weight excluding hydrogens is 280 g/mol. The van der Waals surface area contributed by atoms with Crippen molar-refractivity contribution in [3.8, 4) is 22.6 Å². The summed E-state index contributed by atoms with van der Waals surface area (Å²) in [6.45, 7) is 0. The normalized spacial score (nSPS) is 13.0. The average molecular weight is 296 g/mol. The van der Waals surface area contributed by atoms with Crippen LogP contribution in [0.4, 0.5) is 0 Å². The smallest absolute Gasteiger partial charge is 0.232 e. The van der Waals surface area contributed by atoms with E-state index in [1.165, 1.54) is 0 Å². The molecular formula is C16H16N4O2. The van der Waals surface area contributed by atoms with Gasteiger partial charge in [0.25, 0.3) is 0 Å². The van der Waals surface area contributed by atoms with Crippen LogP contribution in [0.25, 0.3) is 11.1 Å². The molecule has 3 N–H and O–H groups in total. The first-order valence-electron chi connectivity index (χ1n) is 6.75. The van der Waals surface area contributed by atoms with E-state index in [4.69, 9.17) is 20.6 Å². The molecule has 0 fully saturated rings. The molecule has 0 atom stereocenters. The van der Waals surface area contributed by atoms with Crippen molar-refractivity contribution in [2.24, 2.45) is 16.0 Å². The van der Waals surface area contributed by atoms with Gasteiger partial charge in [0.2, 0.25) is 5.96 Å². The number of hydrogen-bond donors (Lipinski definition) is 2. The lowest BCUT2D eigenvalue weighted by Crippen LogP contribution is -2.05. The van der Waals surface area contributed by atoms with Crippen LogP contribution in [0.5, 0.6) is 11.5 Å². The molecule has 0 unspecified atom stereocenters. The largest absolute Gasteiger partial charge is 0.497 e. The molecule has 6 heteroatoms. The predicted molar refractivity (Wildman–Crippen MR) is 83.6 cm³/mol. The molecule has 6 nitrogen and oxygen atoms in total. The molecule has 0 spiro atoms. The third kappa shape index (κ3) is 2.28. The molecule has 0 aliphatic heterocycles. The number of nitrogens with one attached hydrogen (secondary N) is 1. The number of nitrogens with zero attached hydrogens (tertiary/aromatic N) is 2. The van der Waals surface area contributed by atoms with Gasteiger partial charge >= 0.3 is 0 Å². The Kier molecular flexibility index (Phi) is 3.50. The van der Waals surface area contributed by atoms with E-state index >= 15 is 0 Å². The highest BCUT2D eigenvalue weighted by molar-refractivity contribution is 5.80. The van der Waals surface area contributed by atoms with Crippen LogP contribution in [0.2, 0.25) is 0 Å². The Morgan fingerprint density at radius 1 is 1.00 bits per heavy atom. The zero-order valence-corrected chi connectivity index (χ0v) is 12.3. The lowest BCUT2D eigenvalue weighted by Gasteiger charge is -2.09. The number of methoxy groups -OCH3 is 2. The minimum atomic E-state index is -0.320. The minimum Gasteiger partial charge on any atom is -0.497 e. The Morgan fingerprint density at radius 2 is 1.50 bits per heavy atom. The summed E-state index contributed by atoms with van der Waals surface area (Å²) >= 11 is 0. The third-order valence-corrected chi connectivity index (χ3v) is 3.68. The van der Waals surface area contributed by atoms with Gasteiger partial charge in [-0.25, -0.2) is 0 Å². The van der Waals surface area contributed by atoms with Gasteiger partial charge in [-0.3, -0.25) is 5.41 Å². The summed E-state index contributed by atoms with van der Waals surface area (Å²) in [5.41, 5.74) is 9.40. The maximum Gasteiger partial charge on any atom is 0.232 e. The molecule has 0 amide bonds. The molecule has 0 saturated heterocycles. The number of ether oxygens (including phenoxy) is 2. The maximum absolute atomic E-state index is 7.25. The van der Waals surface area contributed by atoms with Crippen LogP contribution >= 0.6 is 0 Å². The molecule has 0 bridgehead atoms. The van der Waals surface area contributed by atoms with Crippen LogP contribution < -0.4 is 15.2 Å². The van der Waals surface area contributed by atoms with Crippen molar-refractivity contribution >= 4 is 5.96 Å². The first kappa shape index (κ1) is 14.1. The van der Waals surface area contributed by atoms with E-state index in [-0.39, 0.29) is 12.0 Å². The van der Waals surface area contributed by atoms with Crippen molar-refractivity contribution in [1.29, 1.82) is 5.41 Å². The summed E-state index contributed by atoms with van der Waals surface area (Å²) in [5, 5.41) is 15.2. The number of nitrogens with two attached hydrogens (primary N) is 1. The number of fused-ring (bicyclic) bond motifs is 3. The van der Waals surface area contributed by atoms with Gasteiger partial charge in [-0.05, 0) is 46.5 Å². The second-order valence-corrected chi connectivity index (χ2v) is 4.91. The van der Waals surface area contributed by atoms with E-state index in [0.29, 0.717) is 0 Å². The summed E-state index contributed by atoms with van der Waals surface area (Å²) in [7, 11) is 3.25. The lowest BCUT2D eigenvalue weighted by atomic mass is 10.1. The highest BCUT2D eigenvalue weighted by atomic mass is 16.5. The van der Waals surface area contributed by atoms with Gasteiger partial charge in [0.1, 0.15) is 17.5 Å². The summed E-state index contributed by atoms with van der Waals surface area (Å²) in [6.07, 6.45) is 0. The van der Waals surface area contributed by atoms with Gasteiger partial charge in [0, 0.05) is 0 Å². The van der Waals surface area contributed by atoms with Crippen LogP contribution in [-0.2, 0) is 0 Å². The van der Waals surface area contributed by atoms with E-state index < -0.39 is 0 Å². The third-order valence-electron chi connectivity index (χ3n) is 3.68. The van der Waals surface area contributed by atoms with Gasteiger partial charge in [-0.15, -0.1) is 5.11 Å². The summed E-state index contributed by atoms with van der Waals surface area (Å²) < 4.78 is 10.6. The highest BCUT2D eigenvalue weighted by Crippen LogP contribution is 2.47. The molecule has 0 aromatic heterocycles. The van der Waals surface area contributed by atoms with Crippen LogP contribution in [-0.4, -0.2) is 20.2 Å². The van der Waals surface area contributed by atoms with Crippen molar-refractivity contribution in [3.63, 3.8) is 0 Å². The average Bonchev–Trinajstić information content (AvgIpc) is 2.84. The quantitative estimate of drug-likeness (QED) is 0.517. The molecule has 0 saturated carbocycles. The van der Waals surface area contributed by atoms with E-state index in [0.717, 1.165) is 33.8 Å². The topological polar surface area (TPSA) is 93.1 Å². The minimum absolute atomic E-state index is 0.319. The zero-order valence-electron chi connectivity index (χ0n) is 12.3. The molecule has 2 aromatic rings. The molecule has 3 rings (SSSR count). The Labute approximate surface area is 128 Å². The van der Waals surface area contributed by atoms with E-state index in [9.17, 15) is 0 Å². The van der Waals surface area contributed by atoms with Crippen LogP contribution in [0.1, 0.15) is 17.2 Å². The van der Waals surface area contributed by atoms with Gasteiger partial charge in [0.05, 0.1) is 14.2 Å². The van der Waals surface area contributed by atoms with Gasteiger partial charge < -0.3 is 15.2 Å². The predicted octanol–water partition coefficient (Wildman–Crippen LogP) is 3.12. The lowest BCUT2D eigenvalue weighted by molar-refractivity contribution is 0.413. The highest BCUT2D eigenvalue weighted by Gasteiger charge is 2.29. The molecule has 0 heterocycles. The second-order valence-electron chi connectivity index (χ2n) is 4.91. The van der Waals surface area contributed by atoms with Gasteiger partial charge in [0.15, 0.2) is 0 Å². The first-order chi connectivity index (χ1) is 10.6. The molecule has 1 aliphatic rings. The van der Waals surface area contributed by atoms with Crippen molar-refractivity contribution in [3.05, 3.63) is 47.5 Å². The first-order valence-corrected chi connectivity index (χ1v) is 6.75. The van der Waals surface area contributed by atoms with Crippen LogP contribution in [0, 0.1) is 5.41 Å². The van der Waals surface area contributed by atoms with Crippen molar-refractivity contribution in [2.75, 3.05) is 14.2 Å². The fraction of sp³-hybridized carbons (Fsp3) is 0.188. The second kappa shape index (κ2) is 5.48. The van der Waals surface area contributed by atoms with Crippen LogP contribution in [0.15, 0.2) is 46.6 Å². The van der Waals surface area contributed by atoms with Gasteiger partial charge in [-0.1, -0.05) is 12.1 Å². The summed E-state index contributed by atoms with van der Waals surface area (Å²) in [5.74, 6) is 1.18. The Balaban J connectivity index is 2.18. The van der Waals surface area contributed by atoms with Crippen molar-refractivity contribution < 1.29 is 9.47 Å². The monoisotopic (exact) mass is 296 g/mol. The van der Waals surface area contributed by atoms with Crippen molar-refractivity contribution in [2.45, 2.75) is 6.04 Å². The standard InChI is InChI=1S/C16H16N4O2/c1-21-9-3-5-11-12-6-4-10(22-2)8-14(12)15(13(11)7-9)19-20-16(17)18/h3-8,15H,1-2H3,(H3,17,18). The van der Waals surface area contributed by atoms with E-state index in [2.05, 4.69) is 10.2 Å². The number of hydrogen-bond acceptors (Lipinski definition) is 4. The summed E-state index contributed by atoms with van der Waals surface area (Å²) in [4.78, 5) is 0. The SMILES string of the molecule is COc1ccc2c(c1)C(N=NC(=N)N)c1cc(OC)ccc1-2. The Morgan fingerprint density at radius 3 is 1.91 bits per heavy atom. The maximum atomic E-state index is 7.25. The van der Waals surface area contributed by atoms with Crippen molar-refractivity contribution in [1.82, 2.24) is 0 Å². The molecule has 112 valence electrons. The molecule has 22 heavy (non-hydrogen) atoms. The fourth-order valence-corrected chi connectivity index (χ4v) is 2.69. The Bertz CT molecular complexity index is 717. The van der Waals surface area contributed by atoms with E-state index in [1.54, 1.807) is 14.2 Å².